The van der Waals surface area contributed by atoms with Crippen molar-refractivity contribution in [3.63, 3.8) is 0 Å². The first kappa shape index (κ1) is 19.5. The lowest BCUT2D eigenvalue weighted by Gasteiger charge is -2.14. The predicted molar refractivity (Wildman–Crippen MR) is 109 cm³/mol. The van der Waals surface area contributed by atoms with Crippen molar-refractivity contribution in [3.8, 4) is 0 Å². The van der Waals surface area contributed by atoms with Gasteiger partial charge in [-0.15, -0.1) is 0 Å². The van der Waals surface area contributed by atoms with Crippen molar-refractivity contribution in [3.05, 3.63) is 53.1 Å². The fourth-order valence-corrected chi connectivity index (χ4v) is 4.70. The molecule has 0 bridgehead atoms. The number of sulfonamides is 1. The van der Waals surface area contributed by atoms with Gasteiger partial charge in [0.25, 0.3) is 5.91 Å². The zero-order valence-electron chi connectivity index (χ0n) is 15.6. The normalized spacial score (nSPS) is 11.9. The van der Waals surface area contributed by atoms with E-state index in [2.05, 4.69) is 10.3 Å². The van der Waals surface area contributed by atoms with Gasteiger partial charge in [0.15, 0.2) is 5.13 Å². The highest BCUT2D eigenvalue weighted by Gasteiger charge is 2.20. The summed E-state index contributed by atoms with van der Waals surface area (Å²) < 4.78 is 26.9. The highest BCUT2D eigenvalue weighted by molar-refractivity contribution is 7.89. The van der Waals surface area contributed by atoms with E-state index in [9.17, 15) is 13.2 Å². The second-order valence-electron chi connectivity index (χ2n) is 6.32. The first-order valence-corrected chi connectivity index (χ1v) is 10.7. The Bertz CT molecular complexity index is 1120. The SMILES string of the molecule is CCN(C)S(=O)(=O)c1ccc2nc(NC(=O)c3ccc(C)c(C)c3)sc2c1. The molecular weight excluding hydrogens is 382 g/mol. The zero-order valence-corrected chi connectivity index (χ0v) is 17.2. The first-order valence-electron chi connectivity index (χ1n) is 8.48. The van der Waals surface area contributed by atoms with Crippen LogP contribution in [0, 0.1) is 13.8 Å². The molecule has 3 aromatic rings. The third-order valence-electron chi connectivity index (χ3n) is 4.50. The van der Waals surface area contributed by atoms with E-state index in [0.717, 1.165) is 11.1 Å². The van der Waals surface area contributed by atoms with E-state index >= 15 is 0 Å². The maximum absolute atomic E-state index is 12.5. The Morgan fingerprint density at radius 1 is 1.15 bits per heavy atom. The molecule has 0 saturated heterocycles. The molecule has 1 heterocycles. The lowest BCUT2D eigenvalue weighted by Crippen LogP contribution is -2.26. The molecule has 0 radical (unpaired) electrons. The number of thiazole rings is 1. The van der Waals surface area contributed by atoms with Crippen molar-refractivity contribution < 1.29 is 13.2 Å². The number of nitrogens with one attached hydrogen (secondary N) is 1. The molecule has 27 heavy (non-hydrogen) atoms. The molecule has 0 aliphatic rings. The van der Waals surface area contributed by atoms with Crippen LogP contribution >= 0.6 is 11.3 Å². The Labute approximate surface area is 162 Å². The minimum absolute atomic E-state index is 0.218. The molecule has 0 saturated carbocycles. The summed E-state index contributed by atoms with van der Waals surface area (Å²) in [6, 6.07) is 10.3. The van der Waals surface area contributed by atoms with E-state index in [1.165, 1.54) is 15.6 Å². The molecule has 0 spiro atoms. The topological polar surface area (TPSA) is 79.4 Å². The van der Waals surface area contributed by atoms with E-state index in [4.69, 9.17) is 0 Å². The highest BCUT2D eigenvalue weighted by Crippen LogP contribution is 2.29. The Balaban J connectivity index is 1.88. The van der Waals surface area contributed by atoms with Gasteiger partial charge in [-0.1, -0.05) is 24.3 Å². The number of aromatic nitrogens is 1. The predicted octanol–water partition coefficient (Wildman–Crippen LogP) is 3.81. The van der Waals surface area contributed by atoms with Gasteiger partial charge < -0.3 is 0 Å². The summed E-state index contributed by atoms with van der Waals surface area (Å²) in [6.07, 6.45) is 0. The van der Waals surface area contributed by atoms with Crippen LogP contribution in [0.25, 0.3) is 10.2 Å². The number of benzene rings is 2. The van der Waals surface area contributed by atoms with Crippen LogP contribution in [-0.2, 0) is 10.0 Å². The summed E-state index contributed by atoms with van der Waals surface area (Å²) in [7, 11) is -1.98. The van der Waals surface area contributed by atoms with Crippen LogP contribution in [0.1, 0.15) is 28.4 Å². The number of nitrogens with zero attached hydrogens (tertiary/aromatic N) is 2. The molecule has 0 aliphatic carbocycles. The van der Waals surface area contributed by atoms with Gasteiger partial charge in [-0.3, -0.25) is 10.1 Å². The van der Waals surface area contributed by atoms with E-state index in [1.54, 1.807) is 38.2 Å². The van der Waals surface area contributed by atoms with Crippen LogP contribution in [-0.4, -0.2) is 37.2 Å². The fraction of sp³-hybridized carbons (Fsp3) is 0.263. The van der Waals surface area contributed by atoms with Crippen LogP contribution in [0.2, 0.25) is 0 Å². The van der Waals surface area contributed by atoms with Crippen LogP contribution < -0.4 is 5.32 Å². The van der Waals surface area contributed by atoms with Gasteiger partial charge in [-0.25, -0.2) is 17.7 Å². The molecule has 2 aromatic carbocycles. The van der Waals surface area contributed by atoms with Crippen LogP contribution in [0.15, 0.2) is 41.3 Å². The molecule has 8 heteroatoms. The summed E-state index contributed by atoms with van der Waals surface area (Å²) in [5, 5.41) is 3.23. The van der Waals surface area contributed by atoms with Crippen LogP contribution in [0.5, 0.6) is 0 Å². The summed E-state index contributed by atoms with van der Waals surface area (Å²) in [5.41, 5.74) is 3.37. The van der Waals surface area contributed by atoms with Crippen molar-refractivity contribution in [1.29, 1.82) is 0 Å². The molecule has 142 valence electrons. The number of hydrogen-bond donors (Lipinski definition) is 1. The monoisotopic (exact) mass is 403 g/mol. The number of carbonyl (C=O) groups excluding carboxylic acids is 1. The Kier molecular flexibility index (Phi) is 5.32. The first-order chi connectivity index (χ1) is 12.7. The molecule has 0 unspecified atom stereocenters. The molecule has 0 aliphatic heterocycles. The number of rotatable bonds is 5. The number of hydrogen-bond acceptors (Lipinski definition) is 5. The lowest BCUT2D eigenvalue weighted by atomic mass is 10.1. The molecule has 1 N–H and O–H groups in total. The van der Waals surface area contributed by atoms with Crippen molar-refractivity contribution >= 4 is 42.6 Å². The summed E-state index contributed by atoms with van der Waals surface area (Å²) >= 11 is 1.25. The summed E-state index contributed by atoms with van der Waals surface area (Å²) in [6.45, 7) is 6.12. The van der Waals surface area contributed by atoms with E-state index < -0.39 is 10.0 Å². The van der Waals surface area contributed by atoms with Crippen LogP contribution in [0.4, 0.5) is 5.13 Å². The van der Waals surface area contributed by atoms with Crippen molar-refractivity contribution in [1.82, 2.24) is 9.29 Å². The largest absolute Gasteiger partial charge is 0.298 e. The lowest BCUT2D eigenvalue weighted by molar-refractivity contribution is 0.102. The van der Waals surface area contributed by atoms with Crippen molar-refractivity contribution in [2.45, 2.75) is 25.7 Å². The number of fused-ring (bicyclic) bond motifs is 1. The number of carbonyl (C=O) groups is 1. The van der Waals surface area contributed by atoms with Crippen LogP contribution in [0.3, 0.4) is 0 Å². The van der Waals surface area contributed by atoms with Gasteiger partial charge >= 0.3 is 0 Å². The fourth-order valence-electron chi connectivity index (χ4n) is 2.52. The smallest absolute Gasteiger partial charge is 0.257 e. The summed E-state index contributed by atoms with van der Waals surface area (Å²) in [5.74, 6) is -0.240. The highest BCUT2D eigenvalue weighted by atomic mass is 32.2. The molecule has 1 aromatic heterocycles. The van der Waals surface area contributed by atoms with Crippen molar-refractivity contribution in [2.24, 2.45) is 0 Å². The average molecular weight is 404 g/mol. The quantitative estimate of drug-likeness (QED) is 0.703. The zero-order chi connectivity index (χ0) is 19.8. The van der Waals surface area contributed by atoms with Gasteiger partial charge in [-0.2, -0.15) is 0 Å². The van der Waals surface area contributed by atoms with Gasteiger partial charge in [0.1, 0.15) is 0 Å². The van der Waals surface area contributed by atoms with Gasteiger partial charge in [0.2, 0.25) is 10.0 Å². The van der Waals surface area contributed by atoms with Gasteiger partial charge in [0.05, 0.1) is 15.1 Å². The number of aryl methyl sites for hydroxylation is 2. The average Bonchev–Trinajstić information content (AvgIpc) is 3.04. The van der Waals surface area contributed by atoms with Gasteiger partial charge in [-0.05, 0) is 55.3 Å². The van der Waals surface area contributed by atoms with E-state index in [1.807, 2.05) is 26.0 Å². The summed E-state index contributed by atoms with van der Waals surface area (Å²) in [4.78, 5) is 17.1. The molecule has 0 fully saturated rings. The standard InChI is InChI=1S/C19H21N3O3S2/c1-5-22(4)27(24,25)15-8-9-16-17(11-15)26-19(20-16)21-18(23)14-7-6-12(2)13(3)10-14/h6-11H,5H2,1-4H3,(H,20,21,23). The van der Waals surface area contributed by atoms with Crippen molar-refractivity contribution in [2.75, 3.05) is 18.9 Å². The molecular formula is C19H21N3O3S2. The third kappa shape index (κ3) is 3.87. The molecule has 1 amide bonds. The van der Waals surface area contributed by atoms with E-state index in [0.29, 0.717) is 27.5 Å². The Hall–Kier alpha value is -2.29. The Morgan fingerprint density at radius 2 is 1.89 bits per heavy atom. The third-order valence-corrected chi connectivity index (χ3v) is 7.37. The second kappa shape index (κ2) is 7.38. The molecule has 3 rings (SSSR count). The number of anilines is 1. The second-order valence-corrected chi connectivity index (χ2v) is 9.40. The Morgan fingerprint density at radius 3 is 2.56 bits per heavy atom. The minimum Gasteiger partial charge on any atom is -0.298 e. The number of amides is 1. The van der Waals surface area contributed by atoms with Gasteiger partial charge in [0, 0.05) is 19.2 Å². The molecule has 6 nitrogen and oxygen atoms in total. The molecule has 0 atom stereocenters. The maximum Gasteiger partial charge on any atom is 0.257 e. The minimum atomic E-state index is -3.52. The van der Waals surface area contributed by atoms with E-state index in [-0.39, 0.29) is 10.8 Å². The maximum atomic E-state index is 12.5.